The molecule has 1 radical (unpaired) electrons. The van der Waals surface area contributed by atoms with E-state index in [4.69, 9.17) is 10.2 Å². The monoisotopic (exact) mass is 131 g/mol. The van der Waals surface area contributed by atoms with Crippen molar-refractivity contribution in [2.45, 2.75) is 26.4 Å². The maximum Gasteiger partial charge on any atom is 0.0613 e. The van der Waals surface area contributed by atoms with Gasteiger partial charge in [0.1, 0.15) is 0 Å². The van der Waals surface area contributed by atoms with E-state index >= 15 is 0 Å². The molecule has 0 spiro atoms. The molecular formula is C7H15O2. The summed E-state index contributed by atoms with van der Waals surface area (Å²) >= 11 is 0. The molecule has 0 aromatic rings. The van der Waals surface area contributed by atoms with Gasteiger partial charge in [0.2, 0.25) is 0 Å². The van der Waals surface area contributed by atoms with Crippen molar-refractivity contribution >= 4 is 0 Å². The molecule has 0 heterocycles. The van der Waals surface area contributed by atoms with Gasteiger partial charge in [0.05, 0.1) is 6.10 Å². The predicted octanol–water partition coefficient (Wildman–Crippen LogP) is 0.590. The summed E-state index contributed by atoms with van der Waals surface area (Å²) in [6, 6.07) is 0. The maximum atomic E-state index is 9.16. The molecule has 0 aromatic carbocycles. The fourth-order valence-electron chi connectivity index (χ4n) is 0.513. The van der Waals surface area contributed by atoms with Crippen LogP contribution in [0.5, 0.6) is 0 Å². The minimum absolute atomic E-state index is 0.0279. The molecule has 0 saturated heterocycles. The molecule has 0 aromatic heterocycles. The normalized spacial score (nSPS) is 15.7. The molecule has 55 valence electrons. The molecule has 9 heavy (non-hydrogen) atoms. The second-order valence-electron chi connectivity index (χ2n) is 3.02. The smallest absolute Gasteiger partial charge is 0.0613 e. The topological polar surface area (TPSA) is 40.5 Å². The van der Waals surface area contributed by atoms with Gasteiger partial charge in [0.15, 0.2) is 0 Å². The first-order chi connectivity index (χ1) is 3.98. The van der Waals surface area contributed by atoms with Crippen molar-refractivity contribution in [1.29, 1.82) is 0 Å². The lowest BCUT2D eigenvalue weighted by molar-refractivity contribution is 0.0551. The van der Waals surface area contributed by atoms with Crippen molar-refractivity contribution in [3.63, 3.8) is 0 Å². The Morgan fingerprint density at radius 2 is 2.00 bits per heavy atom. The molecule has 2 nitrogen and oxygen atoms in total. The van der Waals surface area contributed by atoms with E-state index in [1.54, 1.807) is 0 Å². The van der Waals surface area contributed by atoms with Gasteiger partial charge in [-0.1, -0.05) is 13.8 Å². The number of rotatable bonds is 3. The number of hydrogen-bond acceptors (Lipinski definition) is 2. The van der Waals surface area contributed by atoms with Crippen LogP contribution in [0.15, 0.2) is 0 Å². The van der Waals surface area contributed by atoms with Crippen LogP contribution in [0.4, 0.5) is 0 Å². The molecule has 2 N–H and O–H groups in total. The molecule has 0 aliphatic carbocycles. The standard InChI is InChI=1S/C7H15O2/c1-7(2,3)6(9)4-5-8/h6,8-9H,1,4-5H2,2-3H3. The number of hydrogen-bond donors (Lipinski definition) is 2. The van der Waals surface area contributed by atoms with E-state index in [1.807, 2.05) is 13.8 Å². The van der Waals surface area contributed by atoms with E-state index in [0.717, 1.165) is 0 Å². The van der Waals surface area contributed by atoms with Crippen LogP contribution in [-0.2, 0) is 0 Å². The van der Waals surface area contributed by atoms with E-state index in [-0.39, 0.29) is 12.0 Å². The second kappa shape index (κ2) is 3.18. The van der Waals surface area contributed by atoms with Crippen LogP contribution in [0, 0.1) is 12.3 Å². The van der Waals surface area contributed by atoms with Crippen molar-refractivity contribution in [1.82, 2.24) is 0 Å². The third kappa shape index (κ3) is 3.49. The SMILES string of the molecule is [CH2]C(C)(C)C(O)CCO. The fraction of sp³-hybridized carbons (Fsp3) is 0.857. The van der Waals surface area contributed by atoms with Crippen molar-refractivity contribution in [3.8, 4) is 0 Å². The highest BCUT2D eigenvalue weighted by Crippen LogP contribution is 2.20. The molecule has 0 saturated carbocycles. The van der Waals surface area contributed by atoms with Crippen LogP contribution < -0.4 is 0 Å². The molecule has 0 bridgehead atoms. The lowest BCUT2D eigenvalue weighted by Crippen LogP contribution is -2.26. The van der Waals surface area contributed by atoms with Crippen LogP contribution in [0.1, 0.15) is 20.3 Å². The number of aliphatic hydroxyl groups excluding tert-OH is 2. The zero-order valence-corrected chi connectivity index (χ0v) is 6.09. The lowest BCUT2D eigenvalue weighted by Gasteiger charge is -2.24. The van der Waals surface area contributed by atoms with Gasteiger partial charge in [0, 0.05) is 6.61 Å². The molecule has 1 atom stereocenters. The summed E-state index contributed by atoms with van der Waals surface area (Å²) in [7, 11) is 0. The minimum Gasteiger partial charge on any atom is -0.396 e. The largest absolute Gasteiger partial charge is 0.396 e. The van der Waals surface area contributed by atoms with Gasteiger partial charge < -0.3 is 10.2 Å². The average molecular weight is 131 g/mol. The summed E-state index contributed by atoms with van der Waals surface area (Å²) in [5.41, 5.74) is -0.345. The minimum atomic E-state index is -0.498. The Morgan fingerprint density at radius 1 is 1.56 bits per heavy atom. The highest BCUT2D eigenvalue weighted by Gasteiger charge is 2.20. The summed E-state index contributed by atoms with van der Waals surface area (Å²) in [4.78, 5) is 0. The van der Waals surface area contributed by atoms with Gasteiger partial charge in [-0.15, -0.1) is 0 Å². The van der Waals surface area contributed by atoms with E-state index in [9.17, 15) is 0 Å². The van der Waals surface area contributed by atoms with Gasteiger partial charge in [0.25, 0.3) is 0 Å². The van der Waals surface area contributed by atoms with Crippen molar-refractivity contribution in [2.75, 3.05) is 6.61 Å². The molecule has 0 aliphatic heterocycles. The number of aliphatic hydroxyl groups is 2. The van der Waals surface area contributed by atoms with Crippen molar-refractivity contribution < 1.29 is 10.2 Å². The first-order valence-corrected chi connectivity index (χ1v) is 3.12. The summed E-state index contributed by atoms with van der Waals surface area (Å²) in [6.07, 6.45) is -0.0845. The van der Waals surface area contributed by atoms with E-state index in [2.05, 4.69) is 6.92 Å². The van der Waals surface area contributed by atoms with Crippen LogP contribution in [0.25, 0.3) is 0 Å². The fourth-order valence-corrected chi connectivity index (χ4v) is 0.513. The summed E-state index contributed by atoms with van der Waals surface area (Å²) in [5.74, 6) is 0. The van der Waals surface area contributed by atoms with Crippen LogP contribution in [0.3, 0.4) is 0 Å². The van der Waals surface area contributed by atoms with Gasteiger partial charge in [-0.3, -0.25) is 0 Å². The molecular weight excluding hydrogens is 116 g/mol. The van der Waals surface area contributed by atoms with Crippen LogP contribution in [-0.4, -0.2) is 22.9 Å². The average Bonchev–Trinajstić information content (AvgIpc) is 1.64. The summed E-state index contributed by atoms with van der Waals surface area (Å²) in [6.45, 7) is 7.44. The Bertz CT molecular complexity index is 73.5. The Balaban J connectivity index is 3.59. The van der Waals surface area contributed by atoms with E-state index in [1.165, 1.54) is 0 Å². The molecule has 2 heteroatoms. The molecule has 1 unspecified atom stereocenters. The van der Waals surface area contributed by atoms with Gasteiger partial charge in [-0.2, -0.15) is 0 Å². The molecule has 0 amide bonds. The first-order valence-electron chi connectivity index (χ1n) is 3.12. The van der Waals surface area contributed by atoms with Crippen LogP contribution in [0.2, 0.25) is 0 Å². The van der Waals surface area contributed by atoms with Crippen molar-refractivity contribution in [2.24, 2.45) is 5.41 Å². The Hall–Kier alpha value is -0.0800. The van der Waals surface area contributed by atoms with E-state index in [0.29, 0.717) is 6.42 Å². The third-order valence-electron chi connectivity index (χ3n) is 1.30. The second-order valence-corrected chi connectivity index (χ2v) is 3.02. The zero-order chi connectivity index (χ0) is 7.49. The Kier molecular flexibility index (Phi) is 3.15. The van der Waals surface area contributed by atoms with Crippen LogP contribution >= 0.6 is 0 Å². The quantitative estimate of drug-likeness (QED) is 0.588. The van der Waals surface area contributed by atoms with Gasteiger partial charge in [-0.05, 0) is 18.8 Å². The van der Waals surface area contributed by atoms with E-state index < -0.39 is 6.10 Å². The lowest BCUT2D eigenvalue weighted by atomic mass is 9.87. The third-order valence-corrected chi connectivity index (χ3v) is 1.30. The Labute approximate surface area is 56.5 Å². The van der Waals surface area contributed by atoms with Gasteiger partial charge >= 0.3 is 0 Å². The highest BCUT2D eigenvalue weighted by molar-refractivity contribution is 4.79. The van der Waals surface area contributed by atoms with Gasteiger partial charge in [-0.25, -0.2) is 0 Å². The predicted molar refractivity (Wildman–Crippen MR) is 36.8 cm³/mol. The Morgan fingerprint density at radius 3 is 2.11 bits per heavy atom. The first kappa shape index (κ1) is 8.92. The molecule has 0 aliphatic rings. The molecule has 0 fully saturated rings. The molecule has 0 rings (SSSR count). The maximum absolute atomic E-state index is 9.16. The summed E-state index contributed by atoms with van der Waals surface area (Å²) < 4.78 is 0. The highest BCUT2D eigenvalue weighted by atomic mass is 16.3. The zero-order valence-electron chi connectivity index (χ0n) is 6.09. The van der Waals surface area contributed by atoms with Crippen molar-refractivity contribution in [3.05, 3.63) is 6.92 Å². The summed E-state index contributed by atoms with van der Waals surface area (Å²) in [5, 5.41) is 17.6.